The Morgan fingerprint density at radius 3 is 2.88 bits per heavy atom. The van der Waals surface area contributed by atoms with Crippen LogP contribution in [-0.4, -0.2) is 18.6 Å². The maximum absolute atomic E-state index is 5.92. The number of hydrogen-bond acceptors (Lipinski definition) is 4. The predicted molar refractivity (Wildman–Crippen MR) is 75.2 cm³/mol. The number of aromatic nitrogens is 1. The molecule has 0 aromatic carbocycles. The molecule has 17 heavy (non-hydrogen) atoms. The molecule has 0 fully saturated rings. The number of unbranched alkanes of at least 4 members (excludes halogenated alkanes) is 1. The number of rotatable bonds is 6. The maximum Gasteiger partial charge on any atom is 0.140 e. The Morgan fingerprint density at radius 1 is 1.59 bits per heavy atom. The van der Waals surface area contributed by atoms with Crippen molar-refractivity contribution in [2.24, 2.45) is 0 Å². The number of hydrogen-bond donors (Lipinski definition) is 2. The number of methoxy groups -OCH3 is 1. The van der Waals surface area contributed by atoms with E-state index in [-0.39, 0.29) is 6.10 Å². The Bertz CT molecular complexity index is 371. The first-order valence-corrected chi connectivity index (χ1v) is 6.61. The van der Waals surface area contributed by atoms with Crippen molar-refractivity contribution >= 4 is 27.4 Å². The molecule has 5 heteroatoms. The third kappa shape index (κ3) is 3.57. The second-order valence-corrected chi connectivity index (χ2v) is 4.74. The van der Waals surface area contributed by atoms with Crippen molar-refractivity contribution in [3.63, 3.8) is 0 Å². The summed E-state index contributed by atoms with van der Waals surface area (Å²) in [4.78, 5) is 4.29. The van der Waals surface area contributed by atoms with Crippen LogP contribution < -0.4 is 11.1 Å². The average Bonchev–Trinajstić information content (AvgIpc) is 2.32. The van der Waals surface area contributed by atoms with E-state index in [1.54, 1.807) is 13.3 Å². The summed E-state index contributed by atoms with van der Waals surface area (Å²) in [5.41, 5.74) is 7.51. The molecule has 0 aliphatic carbocycles. The van der Waals surface area contributed by atoms with Gasteiger partial charge in [0.25, 0.3) is 0 Å². The summed E-state index contributed by atoms with van der Waals surface area (Å²) in [5, 5.41) is 3.29. The van der Waals surface area contributed by atoms with Gasteiger partial charge in [-0.15, -0.1) is 0 Å². The summed E-state index contributed by atoms with van der Waals surface area (Å²) < 4.78 is 6.20. The maximum atomic E-state index is 5.92. The van der Waals surface area contributed by atoms with Gasteiger partial charge in [0.1, 0.15) is 5.82 Å². The van der Waals surface area contributed by atoms with Gasteiger partial charge in [0.05, 0.1) is 22.5 Å². The number of halogens is 1. The van der Waals surface area contributed by atoms with Crippen molar-refractivity contribution in [2.45, 2.75) is 32.8 Å². The van der Waals surface area contributed by atoms with E-state index in [0.717, 1.165) is 35.2 Å². The smallest absolute Gasteiger partial charge is 0.140 e. The molecule has 0 saturated carbocycles. The molecule has 0 amide bonds. The fraction of sp³-hybridized carbons (Fsp3) is 0.583. The van der Waals surface area contributed by atoms with Crippen molar-refractivity contribution in [1.82, 2.24) is 4.98 Å². The van der Waals surface area contributed by atoms with Crippen LogP contribution in [0.3, 0.4) is 0 Å². The summed E-state index contributed by atoms with van der Waals surface area (Å²) in [6.07, 6.45) is 3.89. The molecule has 0 spiro atoms. The lowest BCUT2D eigenvalue weighted by Gasteiger charge is -2.17. The van der Waals surface area contributed by atoms with E-state index in [0.29, 0.717) is 5.69 Å². The minimum Gasteiger partial charge on any atom is -0.397 e. The van der Waals surface area contributed by atoms with Gasteiger partial charge >= 0.3 is 0 Å². The van der Waals surface area contributed by atoms with Crippen LogP contribution in [0, 0.1) is 0 Å². The monoisotopic (exact) mass is 301 g/mol. The molecule has 1 heterocycles. The number of anilines is 2. The summed E-state index contributed by atoms with van der Waals surface area (Å²) in [7, 11) is 1.67. The van der Waals surface area contributed by atoms with Crippen LogP contribution >= 0.6 is 15.9 Å². The molecule has 96 valence electrons. The molecule has 0 saturated heterocycles. The minimum atomic E-state index is -0.0564. The van der Waals surface area contributed by atoms with Gasteiger partial charge in [-0.05, 0) is 29.3 Å². The van der Waals surface area contributed by atoms with E-state index in [1.807, 2.05) is 6.92 Å². The van der Waals surface area contributed by atoms with E-state index >= 15 is 0 Å². The van der Waals surface area contributed by atoms with Gasteiger partial charge in [-0.3, -0.25) is 0 Å². The topological polar surface area (TPSA) is 60.2 Å². The molecule has 1 rings (SSSR count). The molecule has 1 unspecified atom stereocenters. The molecule has 4 nitrogen and oxygen atoms in total. The fourth-order valence-corrected chi connectivity index (χ4v) is 2.35. The van der Waals surface area contributed by atoms with Gasteiger partial charge in [-0.2, -0.15) is 0 Å². The number of nitrogens with two attached hydrogens (primary N) is 1. The molecule has 1 aromatic heterocycles. The minimum absolute atomic E-state index is 0.0564. The Kier molecular flexibility index (Phi) is 5.71. The molecule has 1 atom stereocenters. The lowest BCUT2D eigenvalue weighted by molar-refractivity contribution is 0.119. The van der Waals surface area contributed by atoms with Gasteiger partial charge in [0.15, 0.2) is 0 Å². The number of nitrogens with zero attached hydrogens (tertiary/aromatic N) is 1. The van der Waals surface area contributed by atoms with E-state index in [2.05, 4.69) is 33.2 Å². The number of nitrogen functional groups attached to an aromatic ring is 1. The highest BCUT2D eigenvalue weighted by Gasteiger charge is 2.16. The van der Waals surface area contributed by atoms with Crippen LogP contribution in [0.25, 0.3) is 0 Å². The van der Waals surface area contributed by atoms with Gasteiger partial charge in [-0.25, -0.2) is 4.98 Å². The van der Waals surface area contributed by atoms with Crippen LogP contribution in [0.4, 0.5) is 11.5 Å². The van der Waals surface area contributed by atoms with E-state index in [9.17, 15) is 0 Å². The first kappa shape index (κ1) is 14.3. The molecular formula is C12H20BrN3O. The highest BCUT2D eigenvalue weighted by Crippen LogP contribution is 2.34. The number of ether oxygens (including phenoxy) is 1. The zero-order valence-corrected chi connectivity index (χ0v) is 12.2. The highest BCUT2D eigenvalue weighted by molar-refractivity contribution is 9.10. The lowest BCUT2D eigenvalue weighted by atomic mass is 10.1. The zero-order valence-electron chi connectivity index (χ0n) is 10.6. The number of pyridine rings is 1. The third-order valence-electron chi connectivity index (χ3n) is 2.67. The van der Waals surface area contributed by atoms with Crippen molar-refractivity contribution in [2.75, 3.05) is 24.7 Å². The molecule has 0 bridgehead atoms. The predicted octanol–water partition coefficient (Wildman–Crippen LogP) is 3.35. The summed E-state index contributed by atoms with van der Waals surface area (Å²) in [5.74, 6) is 0.826. The highest BCUT2D eigenvalue weighted by atomic mass is 79.9. The second-order valence-electron chi connectivity index (χ2n) is 3.95. The first-order valence-electron chi connectivity index (χ1n) is 5.82. The average molecular weight is 302 g/mol. The first-order chi connectivity index (χ1) is 8.11. The van der Waals surface area contributed by atoms with Crippen molar-refractivity contribution in [1.29, 1.82) is 0 Å². The Morgan fingerprint density at radius 2 is 2.29 bits per heavy atom. The Balaban J connectivity index is 2.93. The van der Waals surface area contributed by atoms with Gasteiger partial charge < -0.3 is 15.8 Å². The SMILES string of the molecule is CCCCNc1ncc(N)c(C(C)OC)c1Br. The number of nitrogens with one attached hydrogen (secondary N) is 1. The summed E-state index contributed by atoms with van der Waals surface area (Å²) >= 11 is 3.54. The summed E-state index contributed by atoms with van der Waals surface area (Å²) in [6.45, 7) is 5.03. The Hall–Kier alpha value is -0.810. The second kappa shape index (κ2) is 6.81. The van der Waals surface area contributed by atoms with Crippen LogP contribution in [0.2, 0.25) is 0 Å². The van der Waals surface area contributed by atoms with Crippen LogP contribution in [0.15, 0.2) is 10.7 Å². The van der Waals surface area contributed by atoms with Crippen molar-refractivity contribution < 1.29 is 4.74 Å². The molecule has 0 radical (unpaired) electrons. The van der Waals surface area contributed by atoms with Crippen LogP contribution in [-0.2, 0) is 4.74 Å². The summed E-state index contributed by atoms with van der Waals surface area (Å²) in [6, 6.07) is 0. The molecular weight excluding hydrogens is 282 g/mol. The fourth-order valence-electron chi connectivity index (χ4n) is 1.55. The lowest BCUT2D eigenvalue weighted by Crippen LogP contribution is -2.09. The quantitative estimate of drug-likeness (QED) is 0.791. The third-order valence-corrected chi connectivity index (χ3v) is 3.47. The van der Waals surface area contributed by atoms with E-state index < -0.39 is 0 Å². The molecule has 0 aliphatic rings. The Labute approximate surface area is 111 Å². The van der Waals surface area contributed by atoms with Crippen molar-refractivity contribution in [3.8, 4) is 0 Å². The molecule has 3 N–H and O–H groups in total. The molecule has 0 aliphatic heterocycles. The standard InChI is InChI=1S/C12H20BrN3O/c1-4-5-6-15-12-11(13)10(8(2)17-3)9(14)7-16-12/h7-8H,4-6,14H2,1-3H3,(H,15,16). The van der Waals surface area contributed by atoms with Crippen molar-refractivity contribution in [3.05, 3.63) is 16.2 Å². The van der Waals surface area contributed by atoms with E-state index in [4.69, 9.17) is 10.5 Å². The van der Waals surface area contributed by atoms with Gasteiger partial charge in [0, 0.05) is 19.2 Å². The normalized spacial score (nSPS) is 12.5. The van der Waals surface area contributed by atoms with Crippen LogP contribution in [0.1, 0.15) is 38.4 Å². The van der Waals surface area contributed by atoms with Gasteiger partial charge in [0.2, 0.25) is 0 Å². The molecule has 1 aromatic rings. The van der Waals surface area contributed by atoms with Crippen LogP contribution in [0.5, 0.6) is 0 Å². The zero-order chi connectivity index (χ0) is 12.8. The van der Waals surface area contributed by atoms with Gasteiger partial charge in [-0.1, -0.05) is 13.3 Å². The van der Waals surface area contributed by atoms with E-state index in [1.165, 1.54) is 0 Å². The largest absolute Gasteiger partial charge is 0.397 e.